The SMILES string of the molecule is CCCS(=O)(=O)CCN1CCN[C@H](C)C1. The van der Waals surface area contributed by atoms with Gasteiger partial charge in [0.1, 0.15) is 0 Å². The molecule has 1 atom stereocenters. The van der Waals surface area contributed by atoms with Gasteiger partial charge in [-0.2, -0.15) is 0 Å². The van der Waals surface area contributed by atoms with Gasteiger partial charge < -0.3 is 5.32 Å². The number of nitrogens with one attached hydrogen (secondary N) is 1. The third-order valence-electron chi connectivity index (χ3n) is 2.69. The molecule has 1 heterocycles. The van der Waals surface area contributed by atoms with Gasteiger partial charge in [-0.25, -0.2) is 8.42 Å². The van der Waals surface area contributed by atoms with Crippen LogP contribution in [0.2, 0.25) is 0 Å². The van der Waals surface area contributed by atoms with E-state index in [1.54, 1.807) is 0 Å². The van der Waals surface area contributed by atoms with Gasteiger partial charge in [0.15, 0.2) is 9.84 Å². The summed E-state index contributed by atoms with van der Waals surface area (Å²) in [6.45, 7) is 7.62. The molecule has 0 saturated carbocycles. The first-order valence-electron chi connectivity index (χ1n) is 5.69. The van der Waals surface area contributed by atoms with Crippen molar-refractivity contribution in [3.05, 3.63) is 0 Å². The predicted octanol–water partition coefficient (Wildman–Crippen LogP) is 0.105. The maximum atomic E-state index is 11.5. The molecular formula is C10H22N2O2S. The van der Waals surface area contributed by atoms with Crippen LogP contribution in [0.15, 0.2) is 0 Å². The standard InChI is InChI=1S/C10H22N2O2S/c1-3-7-15(13,14)8-6-12-5-4-11-10(2)9-12/h10-11H,3-9H2,1-2H3/t10-/m1/s1. The molecule has 0 aromatic rings. The second kappa shape index (κ2) is 5.82. The molecule has 0 aliphatic carbocycles. The molecule has 0 radical (unpaired) electrons. The molecule has 15 heavy (non-hydrogen) atoms. The number of nitrogens with zero attached hydrogens (tertiary/aromatic N) is 1. The van der Waals surface area contributed by atoms with E-state index in [-0.39, 0.29) is 0 Å². The zero-order valence-corrected chi connectivity index (χ0v) is 10.5. The summed E-state index contributed by atoms with van der Waals surface area (Å²) in [6.07, 6.45) is 0.723. The first-order chi connectivity index (χ1) is 7.03. The molecular weight excluding hydrogens is 212 g/mol. The van der Waals surface area contributed by atoms with Gasteiger partial charge in [-0.15, -0.1) is 0 Å². The zero-order chi connectivity index (χ0) is 11.3. The van der Waals surface area contributed by atoms with Crippen LogP contribution in [-0.4, -0.2) is 57.0 Å². The van der Waals surface area contributed by atoms with Gasteiger partial charge in [-0.05, 0) is 13.3 Å². The van der Waals surface area contributed by atoms with Gasteiger partial charge in [-0.1, -0.05) is 6.92 Å². The van der Waals surface area contributed by atoms with Crippen molar-refractivity contribution in [2.24, 2.45) is 0 Å². The van der Waals surface area contributed by atoms with Gasteiger partial charge in [-0.3, -0.25) is 4.90 Å². The summed E-state index contributed by atoms with van der Waals surface area (Å²) in [5.41, 5.74) is 0. The summed E-state index contributed by atoms with van der Waals surface area (Å²) in [5, 5.41) is 3.34. The Morgan fingerprint density at radius 3 is 2.73 bits per heavy atom. The number of rotatable bonds is 5. The smallest absolute Gasteiger partial charge is 0.151 e. The molecule has 1 aliphatic rings. The molecule has 0 aromatic heterocycles. The molecule has 0 amide bonds. The Labute approximate surface area is 93.0 Å². The van der Waals surface area contributed by atoms with Gasteiger partial charge in [0.05, 0.1) is 5.75 Å². The zero-order valence-electron chi connectivity index (χ0n) is 9.70. The minimum Gasteiger partial charge on any atom is -0.312 e. The van der Waals surface area contributed by atoms with E-state index in [4.69, 9.17) is 0 Å². The van der Waals surface area contributed by atoms with Crippen LogP contribution in [0.4, 0.5) is 0 Å². The van der Waals surface area contributed by atoms with Crippen LogP contribution in [-0.2, 0) is 9.84 Å². The maximum Gasteiger partial charge on any atom is 0.151 e. The maximum absolute atomic E-state index is 11.5. The highest BCUT2D eigenvalue weighted by Crippen LogP contribution is 2.01. The minimum atomic E-state index is -2.81. The topological polar surface area (TPSA) is 49.4 Å². The predicted molar refractivity (Wildman–Crippen MR) is 62.8 cm³/mol. The Hall–Kier alpha value is -0.130. The molecule has 1 aliphatic heterocycles. The van der Waals surface area contributed by atoms with Gasteiger partial charge in [0.25, 0.3) is 0 Å². The van der Waals surface area contributed by atoms with E-state index in [9.17, 15) is 8.42 Å². The van der Waals surface area contributed by atoms with Crippen LogP contribution in [0, 0.1) is 0 Å². The highest BCUT2D eigenvalue weighted by Gasteiger charge is 2.17. The summed E-state index contributed by atoms with van der Waals surface area (Å²) in [5.74, 6) is 0.641. The van der Waals surface area contributed by atoms with E-state index in [0.29, 0.717) is 24.1 Å². The second-order valence-electron chi connectivity index (χ2n) is 4.31. The fourth-order valence-electron chi connectivity index (χ4n) is 1.90. The van der Waals surface area contributed by atoms with E-state index < -0.39 is 9.84 Å². The molecule has 1 saturated heterocycles. The molecule has 1 fully saturated rings. The van der Waals surface area contributed by atoms with E-state index in [1.807, 2.05) is 6.92 Å². The Morgan fingerprint density at radius 1 is 1.40 bits per heavy atom. The van der Waals surface area contributed by atoms with E-state index in [0.717, 1.165) is 26.1 Å². The molecule has 0 unspecified atom stereocenters. The Bertz CT molecular complexity index is 277. The molecule has 1 N–H and O–H groups in total. The van der Waals surface area contributed by atoms with Crippen LogP contribution in [0.25, 0.3) is 0 Å². The van der Waals surface area contributed by atoms with Crippen LogP contribution in [0.3, 0.4) is 0 Å². The number of hydrogen-bond donors (Lipinski definition) is 1. The summed E-state index contributed by atoms with van der Waals surface area (Å²) < 4.78 is 23.0. The molecule has 0 spiro atoms. The van der Waals surface area contributed by atoms with Gasteiger partial charge in [0.2, 0.25) is 0 Å². The third kappa shape index (κ3) is 4.95. The van der Waals surface area contributed by atoms with Crippen molar-refractivity contribution in [3.63, 3.8) is 0 Å². The Morgan fingerprint density at radius 2 is 2.13 bits per heavy atom. The lowest BCUT2D eigenvalue weighted by Gasteiger charge is -2.31. The second-order valence-corrected chi connectivity index (χ2v) is 6.61. The Balaban J connectivity index is 2.30. The van der Waals surface area contributed by atoms with Crippen molar-refractivity contribution in [2.75, 3.05) is 37.7 Å². The monoisotopic (exact) mass is 234 g/mol. The molecule has 0 aromatic carbocycles. The molecule has 4 nitrogen and oxygen atoms in total. The van der Waals surface area contributed by atoms with Crippen LogP contribution in [0.1, 0.15) is 20.3 Å². The lowest BCUT2D eigenvalue weighted by atomic mass is 10.2. The normalized spacial score (nSPS) is 24.3. The fraction of sp³-hybridized carbons (Fsp3) is 1.00. The lowest BCUT2D eigenvalue weighted by Crippen LogP contribution is -2.50. The van der Waals surface area contributed by atoms with Crippen LogP contribution in [0.5, 0.6) is 0 Å². The number of hydrogen-bond acceptors (Lipinski definition) is 4. The van der Waals surface area contributed by atoms with Crippen LogP contribution < -0.4 is 5.32 Å². The lowest BCUT2D eigenvalue weighted by molar-refractivity contribution is 0.217. The van der Waals surface area contributed by atoms with Crippen molar-refractivity contribution in [2.45, 2.75) is 26.3 Å². The first kappa shape index (κ1) is 12.9. The van der Waals surface area contributed by atoms with Crippen molar-refractivity contribution in [1.29, 1.82) is 0 Å². The van der Waals surface area contributed by atoms with E-state index in [2.05, 4.69) is 17.1 Å². The Kier molecular flexibility index (Phi) is 5.02. The molecule has 90 valence electrons. The molecule has 5 heteroatoms. The average Bonchev–Trinajstić information content (AvgIpc) is 2.15. The van der Waals surface area contributed by atoms with E-state index in [1.165, 1.54) is 0 Å². The van der Waals surface area contributed by atoms with Gasteiger partial charge in [0, 0.05) is 38.0 Å². The third-order valence-corrected chi connectivity index (χ3v) is 4.52. The molecule has 1 rings (SSSR count). The number of sulfone groups is 1. The van der Waals surface area contributed by atoms with E-state index >= 15 is 0 Å². The van der Waals surface area contributed by atoms with Crippen molar-refractivity contribution < 1.29 is 8.42 Å². The number of piperazine rings is 1. The molecule has 0 bridgehead atoms. The summed E-state index contributed by atoms with van der Waals surface area (Å²) in [7, 11) is -2.81. The summed E-state index contributed by atoms with van der Waals surface area (Å²) in [4.78, 5) is 2.23. The largest absolute Gasteiger partial charge is 0.312 e. The van der Waals surface area contributed by atoms with Crippen molar-refractivity contribution in [3.8, 4) is 0 Å². The minimum absolute atomic E-state index is 0.313. The highest BCUT2D eigenvalue weighted by atomic mass is 32.2. The fourth-order valence-corrected chi connectivity index (χ4v) is 3.26. The highest BCUT2D eigenvalue weighted by molar-refractivity contribution is 7.91. The first-order valence-corrected chi connectivity index (χ1v) is 7.52. The van der Waals surface area contributed by atoms with Crippen molar-refractivity contribution >= 4 is 9.84 Å². The summed E-state index contributed by atoms with van der Waals surface area (Å²) >= 11 is 0. The quantitative estimate of drug-likeness (QED) is 0.733. The van der Waals surface area contributed by atoms with Crippen LogP contribution >= 0.6 is 0 Å². The average molecular weight is 234 g/mol. The van der Waals surface area contributed by atoms with Crippen molar-refractivity contribution in [1.82, 2.24) is 10.2 Å². The summed E-state index contributed by atoms with van der Waals surface area (Å²) in [6, 6.07) is 0.479. The van der Waals surface area contributed by atoms with Gasteiger partial charge >= 0.3 is 0 Å².